The summed E-state index contributed by atoms with van der Waals surface area (Å²) in [6.07, 6.45) is 0.965. The van der Waals surface area contributed by atoms with Crippen LogP contribution < -0.4 is 10.1 Å². The third kappa shape index (κ3) is 4.94. The van der Waals surface area contributed by atoms with E-state index >= 15 is 0 Å². The molecule has 0 aliphatic carbocycles. The molecule has 6 nitrogen and oxygen atoms in total. The van der Waals surface area contributed by atoms with E-state index in [2.05, 4.69) is 22.4 Å². The van der Waals surface area contributed by atoms with Gasteiger partial charge in [0, 0.05) is 17.2 Å². The number of hydrogen-bond donors (Lipinski definition) is 1. The average Bonchev–Trinajstić information content (AvgIpc) is 3.18. The molecule has 0 fully saturated rings. The van der Waals surface area contributed by atoms with Crippen molar-refractivity contribution in [3.05, 3.63) is 59.9 Å². The van der Waals surface area contributed by atoms with Gasteiger partial charge >= 0.3 is 0 Å². The molecule has 0 spiro atoms. The minimum absolute atomic E-state index is 0.0833. The normalized spacial score (nSPS) is 10.8. The van der Waals surface area contributed by atoms with Crippen LogP contribution in [0.2, 0.25) is 0 Å². The lowest BCUT2D eigenvalue weighted by molar-refractivity contribution is -0.118. The molecule has 0 saturated carbocycles. The van der Waals surface area contributed by atoms with E-state index in [0.29, 0.717) is 17.5 Å². The van der Waals surface area contributed by atoms with E-state index in [4.69, 9.17) is 9.26 Å². The molecule has 0 bridgehead atoms. The summed E-state index contributed by atoms with van der Waals surface area (Å²) in [5.74, 6) is 1.63. The second kappa shape index (κ2) is 8.49. The number of aryl methyl sites for hydroxylation is 1. The Morgan fingerprint density at radius 3 is 2.63 bits per heavy atom. The molecule has 0 unspecified atom stereocenters. The molecule has 1 amide bonds. The van der Waals surface area contributed by atoms with Crippen molar-refractivity contribution in [3.63, 3.8) is 0 Å². The smallest absolute Gasteiger partial charge is 0.262 e. The maximum atomic E-state index is 12.1. The highest BCUT2D eigenvalue weighted by Gasteiger charge is 2.12. The topological polar surface area (TPSA) is 77.2 Å². The molecule has 6 heteroatoms. The maximum absolute atomic E-state index is 12.1. The van der Waals surface area contributed by atoms with E-state index in [1.807, 2.05) is 50.2 Å². The van der Waals surface area contributed by atoms with Gasteiger partial charge in [0.1, 0.15) is 5.75 Å². The summed E-state index contributed by atoms with van der Waals surface area (Å²) >= 11 is 0. The summed E-state index contributed by atoms with van der Waals surface area (Å²) < 4.78 is 10.9. The van der Waals surface area contributed by atoms with Crippen LogP contribution in [0.25, 0.3) is 11.5 Å². The number of nitrogens with zero attached hydrogens (tertiary/aromatic N) is 2. The first-order chi connectivity index (χ1) is 13.0. The minimum Gasteiger partial charge on any atom is -0.484 e. The highest BCUT2D eigenvalue weighted by molar-refractivity contribution is 5.91. The predicted octanol–water partition coefficient (Wildman–Crippen LogP) is 4.44. The summed E-state index contributed by atoms with van der Waals surface area (Å²) in [7, 11) is 0. The molecule has 1 N–H and O–H groups in total. The summed E-state index contributed by atoms with van der Waals surface area (Å²) in [6.45, 7) is 6.01. The van der Waals surface area contributed by atoms with E-state index in [1.54, 1.807) is 12.1 Å². The molecule has 0 aliphatic heterocycles. The standard InChI is InChI=1S/C21H23N3O3/c1-4-15-8-10-17(11-9-15)22-19(25)13-26-18-7-5-6-16(12-18)21-23-20(14(2)3)24-27-21/h5-12,14H,4,13H2,1-3H3,(H,22,25). The van der Waals surface area contributed by atoms with Crippen LogP contribution >= 0.6 is 0 Å². The molecular weight excluding hydrogens is 342 g/mol. The van der Waals surface area contributed by atoms with Gasteiger partial charge in [0.15, 0.2) is 12.4 Å². The van der Waals surface area contributed by atoms with Crippen LogP contribution in [0, 0.1) is 0 Å². The first kappa shape index (κ1) is 18.6. The van der Waals surface area contributed by atoms with Crippen molar-refractivity contribution in [1.82, 2.24) is 10.1 Å². The first-order valence-electron chi connectivity index (χ1n) is 9.00. The molecule has 0 saturated heterocycles. The lowest BCUT2D eigenvalue weighted by atomic mass is 10.1. The first-order valence-corrected chi connectivity index (χ1v) is 9.00. The van der Waals surface area contributed by atoms with E-state index < -0.39 is 0 Å². The number of rotatable bonds is 7. The van der Waals surface area contributed by atoms with Gasteiger partial charge in [0.2, 0.25) is 0 Å². The van der Waals surface area contributed by atoms with Gasteiger partial charge in [-0.1, -0.05) is 44.1 Å². The second-order valence-electron chi connectivity index (χ2n) is 6.53. The van der Waals surface area contributed by atoms with Gasteiger partial charge in [-0.25, -0.2) is 0 Å². The van der Waals surface area contributed by atoms with Crippen molar-refractivity contribution in [2.45, 2.75) is 33.1 Å². The van der Waals surface area contributed by atoms with Crippen LogP contribution in [0.15, 0.2) is 53.1 Å². The Morgan fingerprint density at radius 1 is 1.19 bits per heavy atom. The Morgan fingerprint density at radius 2 is 1.96 bits per heavy atom. The lowest BCUT2D eigenvalue weighted by Crippen LogP contribution is -2.20. The molecule has 27 heavy (non-hydrogen) atoms. The van der Waals surface area contributed by atoms with Crippen LogP contribution in [0.1, 0.15) is 38.1 Å². The number of carbonyl (C=O) groups is 1. The maximum Gasteiger partial charge on any atom is 0.262 e. The third-order valence-electron chi connectivity index (χ3n) is 4.05. The van der Waals surface area contributed by atoms with Crippen molar-refractivity contribution >= 4 is 11.6 Å². The SMILES string of the molecule is CCc1ccc(NC(=O)COc2cccc(-c3nc(C(C)C)no3)c2)cc1. The number of nitrogens with one attached hydrogen (secondary N) is 1. The molecule has 140 valence electrons. The largest absolute Gasteiger partial charge is 0.484 e. The zero-order chi connectivity index (χ0) is 19.2. The Kier molecular flexibility index (Phi) is 5.86. The van der Waals surface area contributed by atoms with Gasteiger partial charge in [-0.15, -0.1) is 0 Å². The molecule has 2 aromatic carbocycles. The number of ether oxygens (including phenoxy) is 1. The van der Waals surface area contributed by atoms with Crippen LogP contribution in [0.3, 0.4) is 0 Å². The van der Waals surface area contributed by atoms with Crippen LogP contribution in [0.5, 0.6) is 5.75 Å². The molecule has 0 atom stereocenters. The fourth-order valence-corrected chi connectivity index (χ4v) is 2.48. The second-order valence-corrected chi connectivity index (χ2v) is 6.53. The van der Waals surface area contributed by atoms with Crippen molar-refractivity contribution in [2.24, 2.45) is 0 Å². The number of aromatic nitrogens is 2. The third-order valence-corrected chi connectivity index (χ3v) is 4.05. The number of anilines is 1. The molecule has 3 rings (SSSR count). The quantitative estimate of drug-likeness (QED) is 0.670. The van der Waals surface area contributed by atoms with Crippen molar-refractivity contribution < 1.29 is 14.1 Å². The van der Waals surface area contributed by atoms with E-state index in [-0.39, 0.29) is 18.4 Å². The fraction of sp³-hybridized carbons (Fsp3) is 0.286. The monoisotopic (exact) mass is 365 g/mol. The van der Waals surface area contributed by atoms with Crippen LogP contribution in [-0.2, 0) is 11.2 Å². The lowest BCUT2D eigenvalue weighted by Gasteiger charge is -2.08. The summed E-state index contributed by atoms with van der Waals surface area (Å²) in [4.78, 5) is 16.5. The minimum atomic E-state index is -0.218. The zero-order valence-electron chi connectivity index (χ0n) is 15.7. The number of carbonyl (C=O) groups excluding carboxylic acids is 1. The Labute approximate surface area is 158 Å². The number of amides is 1. The predicted molar refractivity (Wildman–Crippen MR) is 104 cm³/mol. The molecule has 3 aromatic rings. The van der Waals surface area contributed by atoms with Crippen molar-refractivity contribution in [3.8, 4) is 17.2 Å². The van der Waals surface area contributed by atoms with Gasteiger partial charge in [-0.2, -0.15) is 4.98 Å². The van der Waals surface area contributed by atoms with E-state index in [1.165, 1.54) is 5.56 Å². The molecule has 0 aliphatic rings. The van der Waals surface area contributed by atoms with Gasteiger partial charge in [0.05, 0.1) is 0 Å². The fourth-order valence-electron chi connectivity index (χ4n) is 2.48. The summed E-state index contributed by atoms with van der Waals surface area (Å²) in [5.41, 5.74) is 2.73. The van der Waals surface area contributed by atoms with Gasteiger partial charge < -0.3 is 14.6 Å². The van der Waals surface area contributed by atoms with Crippen molar-refractivity contribution in [1.29, 1.82) is 0 Å². The van der Waals surface area contributed by atoms with Crippen LogP contribution in [0.4, 0.5) is 5.69 Å². The van der Waals surface area contributed by atoms with E-state index in [0.717, 1.165) is 17.7 Å². The van der Waals surface area contributed by atoms with Gasteiger partial charge in [-0.3, -0.25) is 4.79 Å². The molecule has 1 heterocycles. The Bertz CT molecular complexity index is 901. The van der Waals surface area contributed by atoms with Gasteiger partial charge in [0.25, 0.3) is 11.8 Å². The number of benzene rings is 2. The summed E-state index contributed by atoms with van der Waals surface area (Å²) in [5, 5.41) is 6.78. The van der Waals surface area contributed by atoms with Crippen molar-refractivity contribution in [2.75, 3.05) is 11.9 Å². The van der Waals surface area contributed by atoms with Gasteiger partial charge in [-0.05, 0) is 42.3 Å². The highest BCUT2D eigenvalue weighted by Crippen LogP contribution is 2.24. The van der Waals surface area contributed by atoms with E-state index in [9.17, 15) is 4.79 Å². The highest BCUT2D eigenvalue weighted by atomic mass is 16.5. The average molecular weight is 365 g/mol. The Hall–Kier alpha value is -3.15. The molecule has 0 radical (unpaired) electrons. The zero-order valence-corrected chi connectivity index (χ0v) is 15.7. The molecule has 1 aromatic heterocycles. The van der Waals surface area contributed by atoms with Crippen LogP contribution in [-0.4, -0.2) is 22.7 Å². The summed E-state index contributed by atoms with van der Waals surface area (Å²) in [6, 6.07) is 15.0. The molecular formula is C21H23N3O3. The Balaban J connectivity index is 1.59. The number of hydrogen-bond acceptors (Lipinski definition) is 5.